The Morgan fingerprint density at radius 2 is 2.00 bits per heavy atom. The topological polar surface area (TPSA) is 55.6 Å². The van der Waals surface area contributed by atoms with Gasteiger partial charge in [-0.15, -0.1) is 0 Å². The maximum Gasteiger partial charge on any atom is 0.259 e. The lowest BCUT2D eigenvalue weighted by atomic mass is 10.0. The van der Waals surface area contributed by atoms with Gasteiger partial charge in [-0.2, -0.15) is 0 Å². The van der Waals surface area contributed by atoms with Gasteiger partial charge in [0.25, 0.3) is 5.91 Å². The molecule has 0 bridgehead atoms. The maximum absolute atomic E-state index is 14.0. The van der Waals surface area contributed by atoms with Crippen molar-refractivity contribution in [2.45, 2.75) is 6.92 Å². The Balaban J connectivity index is 2.02. The molecule has 3 rings (SSSR count). The van der Waals surface area contributed by atoms with Gasteiger partial charge in [-0.3, -0.25) is 4.79 Å². The summed E-state index contributed by atoms with van der Waals surface area (Å²) in [6, 6.07) is 3.12. The van der Waals surface area contributed by atoms with Crippen molar-refractivity contribution in [3.63, 3.8) is 0 Å². The number of aromatic nitrogens is 1. The van der Waals surface area contributed by atoms with E-state index in [1.54, 1.807) is 11.8 Å². The first-order valence-electron chi connectivity index (χ1n) is 6.86. The number of hydrogen-bond donors (Lipinski definition) is 0. The molecule has 1 saturated heterocycles. The van der Waals surface area contributed by atoms with Gasteiger partial charge < -0.3 is 14.2 Å². The highest BCUT2D eigenvalue weighted by Gasteiger charge is 2.28. The van der Waals surface area contributed by atoms with Crippen LogP contribution in [0, 0.1) is 18.6 Å². The highest BCUT2D eigenvalue weighted by atomic mass is 19.1. The second-order valence-electron chi connectivity index (χ2n) is 4.99. The molecule has 1 aliphatic heterocycles. The molecule has 1 amide bonds. The third-order valence-electron chi connectivity index (χ3n) is 3.56. The fraction of sp³-hybridized carbons (Fsp3) is 0.333. The fourth-order valence-electron chi connectivity index (χ4n) is 2.41. The molecule has 1 aromatic heterocycles. The van der Waals surface area contributed by atoms with Gasteiger partial charge in [0, 0.05) is 24.7 Å². The molecule has 0 aliphatic carbocycles. The lowest BCUT2D eigenvalue weighted by molar-refractivity contribution is 0.0302. The van der Waals surface area contributed by atoms with Gasteiger partial charge >= 0.3 is 0 Å². The van der Waals surface area contributed by atoms with Crippen molar-refractivity contribution < 1.29 is 22.8 Å². The summed E-state index contributed by atoms with van der Waals surface area (Å²) >= 11 is 0. The number of hydrogen-bond acceptors (Lipinski definition) is 4. The first-order valence-corrected chi connectivity index (χ1v) is 6.86. The molecule has 2 aromatic rings. The van der Waals surface area contributed by atoms with E-state index in [1.165, 1.54) is 6.07 Å². The molecule has 1 fully saturated rings. The van der Waals surface area contributed by atoms with Crippen LogP contribution in [0.25, 0.3) is 11.3 Å². The number of benzene rings is 1. The van der Waals surface area contributed by atoms with Crippen LogP contribution >= 0.6 is 0 Å². The summed E-state index contributed by atoms with van der Waals surface area (Å²) in [7, 11) is 0. The predicted octanol–water partition coefficient (Wildman–Crippen LogP) is 2.40. The van der Waals surface area contributed by atoms with Crippen molar-refractivity contribution in [3.8, 4) is 11.3 Å². The molecule has 0 unspecified atom stereocenters. The largest absolute Gasteiger partial charge is 0.378 e. The Kier molecular flexibility index (Phi) is 3.89. The number of nitrogens with zero attached hydrogens (tertiary/aromatic N) is 2. The average molecular weight is 308 g/mol. The lowest BCUT2D eigenvalue weighted by Crippen LogP contribution is -2.41. The Morgan fingerprint density at radius 1 is 1.27 bits per heavy atom. The van der Waals surface area contributed by atoms with Gasteiger partial charge in [-0.1, -0.05) is 5.16 Å². The van der Waals surface area contributed by atoms with Gasteiger partial charge in [0.2, 0.25) is 0 Å². The van der Waals surface area contributed by atoms with E-state index in [0.717, 1.165) is 12.1 Å². The third-order valence-corrected chi connectivity index (χ3v) is 3.56. The number of aryl methyl sites for hydroxylation is 1. The number of morpholine rings is 1. The summed E-state index contributed by atoms with van der Waals surface area (Å²) in [5, 5.41) is 3.78. The van der Waals surface area contributed by atoms with Crippen LogP contribution < -0.4 is 0 Å². The molecular formula is C15H14F2N2O3. The van der Waals surface area contributed by atoms with Crippen molar-refractivity contribution in [2.24, 2.45) is 0 Å². The van der Waals surface area contributed by atoms with E-state index in [2.05, 4.69) is 5.16 Å². The van der Waals surface area contributed by atoms with Crippen LogP contribution in [-0.4, -0.2) is 42.3 Å². The van der Waals surface area contributed by atoms with Gasteiger partial charge in [-0.25, -0.2) is 8.78 Å². The minimum Gasteiger partial charge on any atom is -0.378 e. The van der Waals surface area contributed by atoms with Crippen LogP contribution in [0.3, 0.4) is 0 Å². The molecule has 22 heavy (non-hydrogen) atoms. The molecular weight excluding hydrogens is 294 g/mol. The Hall–Kier alpha value is -2.28. The molecule has 2 heterocycles. The fourth-order valence-corrected chi connectivity index (χ4v) is 2.41. The van der Waals surface area contributed by atoms with Gasteiger partial charge in [0.05, 0.1) is 13.2 Å². The first kappa shape index (κ1) is 14.6. The minimum absolute atomic E-state index is 0.0369. The van der Waals surface area contributed by atoms with Crippen molar-refractivity contribution in [3.05, 3.63) is 41.2 Å². The standard InChI is InChI=1S/C15H14F2N2O3/c1-9-13(15(20)19-4-6-21-7-5-19)14(18-22-9)11-3-2-10(16)8-12(11)17/h2-3,8H,4-7H2,1H3. The summed E-state index contributed by atoms with van der Waals surface area (Å²) in [5.41, 5.74) is 0.328. The molecule has 1 aromatic carbocycles. The number of ether oxygens (including phenoxy) is 1. The molecule has 0 N–H and O–H groups in total. The van der Waals surface area contributed by atoms with E-state index in [0.29, 0.717) is 32.1 Å². The van der Waals surface area contributed by atoms with Gasteiger partial charge in [-0.05, 0) is 19.1 Å². The zero-order valence-corrected chi connectivity index (χ0v) is 11.9. The Bertz CT molecular complexity index is 709. The molecule has 0 saturated carbocycles. The van der Waals surface area contributed by atoms with Crippen molar-refractivity contribution in [2.75, 3.05) is 26.3 Å². The van der Waals surface area contributed by atoms with Crippen molar-refractivity contribution in [1.82, 2.24) is 10.1 Å². The van der Waals surface area contributed by atoms with Crippen LogP contribution in [0.5, 0.6) is 0 Å². The van der Waals surface area contributed by atoms with Gasteiger partial charge in [0.1, 0.15) is 28.7 Å². The monoisotopic (exact) mass is 308 g/mol. The second kappa shape index (κ2) is 5.84. The van der Waals surface area contributed by atoms with E-state index in [-0.39, 0.29) is 22.7 Å². The summed E-state index contributed by atoms with van der Waals surface area (Å²) in [5.74, 6) is -1.47. The van der Waals surface area contributed by atoms with Crippen molar-refractivity contribution >= 4 is 5.91 Å². The molecule has 5 nitrogen and oxygen atoms in total. The molecule has 0 atom stereocenters. The highest BCUT2D eigenvalue weighted by Crippen LogP contribution is 2.29. The van der Waals surface area contributed by atoms with Crippen LogP contribution in [0.15, 0.2) is 22.7 Å². The average Bonchev–Trinajstić information content (AvgIpc) is 2.89. The van der Waals surface area contributed by atoms with Gasteiger partial charge in [0.15, 0.2) is 0 Å². The number of amides is 1. The third kappa shape index (κ3) is 2.59. The van der Waals surface area contributed by atoms with Crippen LogP contribution in [0.4, 0.5) is 8.78 Å². The number of carbonyl (C=O) groups is 1. The number of halogens is 2. The van der Waals surface area contributed by atoms with Crippen LogP contribution in [0.2, 0.25) is 0 Å². The summed E-state index contributed by atoms with van der Waals surface area (Å²) in [4.78, 5) is 14.2. The molecule has 0 radical (unpaired) electrons. The zero-order chi connectivity index (χ0) is 15.7. The Morgan fingerprint density at radius 3 is 2.68 bits per heavy atom. The summed E-state index contributed by atoms with van der Waals surface area (Å²) in [6.07, 6.45) is 0. The van der Waals surface area contributed by atoms with E-state index in [4.69, 9.17) is 9.26 Å². The van der Waals surface area contributed by atoms with E-state index in [9.17, 15) is 13.6 Å². The smallest absolute Gasteiger partial charge is 0.259 e. The molecule has 7 heteroatoms. The summed E-state index contributed by atoms with van der Waals surface area (Å²) in [6.45, 7) is 3.40. The minimum atomic E-state index is -0.788. The molecule has 1 aliphatic rings. The summed E-state index contributed by atoms with van der Waals surface area (Å²) < 4.78 is 37.3. The van der Waals surface area contributed by atoms with E-state index >= 15 is 0 Å². The second-order valence-corrected chi connectivity index (χ2v) is 4.99. The van der Waals surface area contributed by atoms with Crippen molar-refractivity contribution in [1.29, 1.82) is 0 Å². The normalized spacial score (nSPS) is 15.1. The predicted molar refractivity (Wildman–Crippen MR) is 73.3 cm³/mol. The maximum atomic E-state index is 14.0. The number of carbonyl (C=O) groups excluding carboxylic acids is 1. The Labute approximate surface area is 125 Å². The van der Waals surface area contributed by atoms with E-state index in [1.807, 2.05) is 0 Å². The van der Waals surface area contributed by atoms with Crippen LogP contribution in [0.1, 0.15) is 16.1 Å². The van der Waals surface area contributed by atoms with Crippen LogP contribution in [-0.2, 0) is 4.74 Å². The zero-order valence-electron chi connectivity index (χ0n) is 11.9. The number of rotatable bonds is 2. The quantitative estimate of drug-likeness (QED) is 0.855. The molecule has 0 spiro atoms. The lowest BCUT2D eigenvalue weighted by Gasteiger charge is -2.26. The molecule has 116 valence electrons. The van der Waals surface area contributed by atoms with E-state index < -0.39 is 11.6 Å². The highest BCUT2D eigenvalue weighted by molar-refractivity contribution is 6.00. The SMILES string of the molecule is Cc1onc(-c2ccc(F)cc2F)c1C(=O)N1CCOCC1. The first-order chi connectivity index (χ1) is 10.6.